The van der Waals surface area contributed by atoms with E-state index in [1.807, 2.05) is 42.5 Å². The third-order valence-corrected chi connectivity index (χ3v) is 1.86. The van der Waals surface area contributed by atoms with Gasteiger partial charge in [0.05, 0.1) is 0 Å². The molecule has 0 aliphatic carbocycles. The second kappa shape index (κ2) is 13.4. The Labute approximate surface area is 100 Å². The fraction of sp³-hybridized carbons (Fsp3) is 0.250. The maximum atomic E-state index is 5.18. The molecule has 0 aromatic carbocycles. The predicted molar refractivity (Wildman–Crippen MR) is 74.1 cm³/mol. The first-order valence-electron chi connectivity index (χ1n) is 5.78. The Morgan fingerprint density at radius 1 is 0.750 bits per heavy atom. The van der Waals surface area contributed by atoms with Gasteiger partial charge < -0.3 is 0 Å². The Morgan fingerprint density at radius 2 is 1.25 bits per heavy atom. The SMILES string of the molecule is [CH]=CC=CC=CC=CC=CC=CCCCC. The number of unbranched alkanes of at least 4 members (excludes halogenated alkanes) is 2. The van der Waals surface area contributed by atoms with E-state index in [9.17, 15) is 0 Å². The normalized spacial score (nSPS) is 13.1. The molecular weight excluding hydrogens is 192 g/mol. The molecular formula is C16H21. The van der Waals surface area contributed by atoms with Gasteiger partial charge >= 0.3 is 0 Å². The van der Waals surface area contributed by atoms with Crippen LogP contribution in [0.3, 0.4) is 0 Å². The Kier molecular flexibility index (Phi) is 12.1. The van der Waals surface area contributed by atoms with E-state index in [4.69, 9.17) is 6.58 Å². The van der Waals surface area contributed by atoms with Crippen molar-refractivity contribution in [2.24, 2.45) is 0 Å². The minimum absolute atomic E-state index is 1.17. The van der Waals surface area contributed by atoms with E-state index in [2.05, 4.69) is 19.1 Å². The second-order valence-electron chi connectivity index (χ2n) is 3.30. The summed E-state index contributed by atoms with van der Waals surface area (Å²) in [7, 11) is 0. The van der Waals surface area contributed by atoms with Crippen LogP contribution in [0.4, 0.5) is 0 Å². The van der Waals surface area contributed by atoms with Gasteiger partial charge in [-0.1, -0.05) is 93.2 Å². The second-order valence-corrected chi connectivity index (χ2v) is 3.30. The molecule has 0 aliphatic rings. The third-order valence-electron chi connectivity index (χ3n) is 1.86. The van der Waals surface area contributed by atoms with Crippen molar-refractivity contribution in [3.05, 3.63) is 73.4 Å². The first kappa shape index (κ1) is 14.4. The van der Waals surface area contributed by atoms with Crippen LogP contribution in [0.1, 0.15) is 26.2 Å². The lowest BCUT2D eigenvalue weighted by Crippen LogP contribution is -1.64. The van der Waals surface area contributed by atoms with Gasteiger partial charge in [0.25, 0.3) is 0 Å². The summed E-state index contributed by atoms with van der Waals surface area (Å²) in [4.78, 5) is 0. The van der Waals surface area contributed by atoms with E-state index >= 15 is 0 Å². The number of allylic oxidation sites excluding steroid dienone is 11. The fourth-order valence-corrected chi connectivity index (χ4v) is 1.01. The van der Waals surface area contributed by atoms with Gasteiger partial charge in [0.2, 0.25) is 0 Å². The van der Waals surface area contributed by atoms with Crippen LogP contribution in [0.2, 0.25) is 0 Å². The summed E-state index contributed by atoms with van der Waals surface area (Å²) in [5.41, 5.74) is 0. The van der Waals surface area contributed by atoms with Crippen LogP contribution in [-0.4, -0.2) is 0 Å². The maximum absolute atomic E-state index is 5.18. The molecule has 0 rings (SSSR count). The van der Waals surface area contributed by atoms with E-state index < -0.39 is 0 Å². The summed E-state index contributed by atoms with van der Waals surface area (Å²) < 4.78 is 0. The van der Waals surface area contributed by atoms with Crippen LogP contribution >= 0.6 is 0 Å². The Morgan fingerprint density at radius 3 is 1.75 bits per heavy atom. The van der Waals surface area contributed by atoms with Gasteiger partial charge in [-0.25, -0.2) is 0 Å². The number of hydrogen-bond acceptors (Lipinski definition) is 0. The standard InChI is InChI=1S/C16H21/c1-3-5-7-9-11-13-15-16-14-12-10-8-6-4-2/h1,3,5,7,9-16H,4,6,8H2,2H3. The van der Waals surface area contributed by atoms with E-state index in [0.29, 0.717) is 0 Å². The van der Waals surface area contributed by atoms with E-state index in [0.717, 1.165) is 0 Å². The molecule has 0 saturated carbocycles. The van der Waals surface area contributed by atoms with Crippen molar-refractivity contribution in [3.8, 4) is 0 Å². The molecule has 1 radical (unpaired) electrons. The Bertz CT molecular complexity index is 285. The maximum Gasteiger partial charge on any atom is -0.0348 e. The minimum atomic E-state index is 1.17. The predicted octanol–water partition coefficient (Wildman–Crippen LogP) is 4.95. The van der Waals surface area contributed by atoms with Gasteiger partial charge in [-0.3, -0.25) is 0 Å². The summed E-state index contributed by atoms with van der Waals surface area (Å²) in [5, 5.41) is 0. The lowest BCUT2D eigenvalue weighted by atomic mass is 10.2. The molecule has 0 aromatic rings. The average Bonchev–Trinajstić information content (AvgIpc) is 2.31. The molecule has 16 heavy (non-hydrogen) atoms. The molecule has 85 valence electrons. The summed E-state index contributed by atoms with van der Waals surface area (Å²) in [6, 6.07) is 0. The molecule has 0 N–H and O–H groups in total. The molecule has 0 atom stereocenters. The highest BCUT2D eigenvalue weighted by atomic mass is 13.8. The molecule has 0 aliphatic heterocycles. The summed E-state index contributed by atoms with van der Waals surface area (Å²) in [6.07, 6.45) is 25.1. The van der Waals surface area contributed by atoms with Crippen LogP contribution in [0.15, 0.2) is 66.8 Å². The first-order valence-corrected chi connectivity index (χ1v) is 5.78. The summed E-state index contributed by atoms with van der Waals surface area (Å²) in [5.74, 6) is 0. The van der Waals surface area contributed by atoms with Crippen LogP contribution < -0.4 is 0 Å². The molecule has 0 heteroatoms. The fourth-order valence-electron chi connectivity index (χ4n) is 1.01. The summed E-state index contributed by atoms with van der Waals surface area (Å²) >= 11 is 0. The van der Waals surface area contributed by atoms with Crippen molar-refractivity contribution in [3.63, 3.8) is 0 Å². The van der Waals surface area contributed by atoms with E-state index in [1.54, 1.807) is 6.08 Å². The zero-order valence-corrected chi connectivity index (χ0v) is 10.0. The molecule has 0 saturated heterocycles. The van der Waals surface area contributed by atoms with Crippen LogP contribution in [0.25, 0.3) is 0 Å². The van der Waals surface area contributed by atoms with Crippen molar-refractivity contribution in [1.82, 2.24) is 0 Å². The highest BCUT2D eigenvalue weighted by Crippen LogP contribution is 1.94. The average molecular weight is 213 g/mol. The van der Waals surface area contributed by atoms with E-state index in [-0.39, 0.29) is 0 Å². The topological polar surface area (TPSA) is 0 Å². The molecule has 0 heterocycles. The van der Waals surface area contributed by atoms with E-state index in [1.165, 1.54) is 25.3 Å². The highest BCUT2D eigenvalue weighted by Gasteiger charge is 1.74. The van der Waals surface area contributed by atoms with Gasteiger partial charge in [0, 0.05) is 0 Å². The van der Waals surface area contributed by atoms with Crippen molar-refractivity contribution in [1.29, 1.82) is 0 Å². The van der Waals surface area contributed by atoms with Gasteiger partial charge in [-0.05, 0) is 6.42 Å². The largest absolute Gasteiger partial charge is 0.0845 e. The molecule has 0 nitrogen and oxygen atoms in total. The monoisotopic (exact) mass is 213 g/mol. The van der Waals surface area contributed by atoms with Crippen molar-refractivity contribution >= 4 is 0 Å². The summed E-state index contributed by atoms with van der Waals surface area (Å²) in [6.45, 7) is 7.38. The van der Waals surface area contributed by atoms with Crippen LogP contribution in [0, 0.1) is 6.58 Å². The quantitative estimate of drug-likeness (QED) is 0.395. The van der Waals surface area contributed by atoms with Gasteiger partial charge in [0.15, 0.2) is 0 Å². The van der Waals surface area contributed by atoms with Crippen molar-refractivity contribution in [2.45, 2.75) is 26.2 Å². The zero-order chi connectivity index (χ0) is 11.9. The molecule has 0 bridgehead atoms. The molecule has 0 amide bonds. The smallest absolute Gasteiger partial charge is 0.0348 e. The molecule has 0 spiro atoms. The number of rotatable bonds is 8. The minimum Gasteiger partial charge on any atom is -0.0845 e. The lowest BCUT2D eigenvalue weighted by Gasteiger charge is -1.84. The zero-order valence-electron chi connectivity index (χ0n) is 10.0. The van der Waals surface area contributed by atoms with Gasteiger partial charge in [-0.15, -0.1) is 0 Å². The van der Waals surface area contributed by atoms with Gasteiger partial charge in [-0.2, -0.15) is 0 Å². The van der Waals surface area contributed by atoms with Gasteiger partial charge in [0.1, 0.15) is 0 Å². The van der Waals surface area contributed by atoms with Crippen LogP contribution in [-0.2, 0) is 0 Å². The Balaban J connectivity index is 3.62. The van der Waals surface area contributed by atoms with Crippen molar-refractivity contribution in [2.75, 3.05) is 0 Å². The molecule has 0 fully saturated rings. The highest BCUT2D eigenvalue weighted by molar-refractivity contribution is 5.18. The van der Waals surface area contributed by atoms with Crippen LogP contribution in [0.5, 0.6) is 0 Å². The van der Waals surface area contributed by atoms with Crippen molar-refractivity contribution < 1.29 is 0 Å². The lowest BCUT2D eigenvalue weighted by molar-refractivity contribution is 0.815. The Hall–Kier alpha value is -1.56. The molecule has 0 aromatic heterocycles. The first-order chi connectivity index (χ1) is 7.91. The number of hydrogen-bond donors (Lipinski definition) is 0. The molecule has 0 unspecified atom stereocenters. The third kappa shape index (κ3) is 12.4.